The molecule has 8 heteroatoms. The number of halogens is 1. The van der Waals surface area contributed by atoms with Gasteiger partial charge in [0, 0.05) is 16.4 Å². The highest BCUT2D eigenvalue weighted by Gasteiger charge is 2.63. The number of rotatable bonds is 6. The number of thiophene rings is 1. The van der Waals surface area contributed by atoms with Crippen LogP contribution in [0.4, 0.5) is 0 Å². The van der Waals surface area contributed by atoms with Crippen LogP contribution in [0.2, 0.25) is 5.02 Å². The van der Waals surface area contributed by atoms with Gasteiger partial charge in [-0.05, 0) is 59.4 Å². The van der Waals surface area contributed by atoms with Crippen molar-refractivity contribution in [1.82, 2.24) is 0 Å². The average molecular weight is 454 g/mol. The van der Waals surface area contributed by atoms with Gasteiger partial charge in [0.05, 0.1) is 6.61 Å². The van der Waals surface area contributed by atoms with Gasteiger partial charge in [-0.3, -0.25) is 0 Å². The molecule has 1 aromatic heterocycles. The van der Waals surface area contributed by atoms with Crippen LogP contribution in [0.3, 0.4) is 0 Å². The van der Waals surface area contributed by atoms with Crippen molar-refractivity contribution < 1.29 is 24.9 Å². The van der Waals surface area contributed by atoms with Gasteiger partial charge in [0.15, 0.2) is 0 Å². The number of nitrogens with two attached hydrogens (primary N) is 1. The molecule has 30 heavy (non-hydrogen) atoms. The predicted octanol–water partition coefficient (Wildman–Crippen LogP) is 3.58. The maximum absolute atomic E-state index is 11.1. The van der Waals surface area contributed by atoms with Crippen molar-refractivity contribution in [3.8, 4) is 5.75 Å². The van der Waals surface area contributed by atoms with E-state index in [-0.39, 0.29) is 13.2 Å². The summed E-state index contributed by atoms with van der Waals surface area (Å²) in [6.07, 6.45) is 0.108. The first-order valence-corrected chi connectivity index (χ1v) is 11.1. The van der Waals surface area contributed by atoms with Gasteiger partial charge in [0.25, 0.3) is 0 Å². The number of carboxylic acids is 1. The average Bonchev–Trinajstić information content (AvgIpc) is 3.04. The third kappa shape index (κ3) is 4.36. The Morgan fingerprint density at radius 2 is 2.13 bits per heavy atom. The van der Waals surface area contributed by atoms with Gasteiger partial charge in [-0.15, -0.1) is 11.3 Å². The Morgan fingerprint density at radius 3 is 2.70 bits per heavy atom. The van der Waals surface area contributed by atoms with Crippen LogP contribution < -0.4 is 10.5 Å². The Morgan fingerprint density at radius 1 is 1.43 bits per heavy atom. The molecule has 0 radical (unpaired) electrons. The SMILES string of the molecule is Cc1sc(C(=O)O)c2c1[C@H]1[C@@H](C2)C1(C)C.NCc1ccc(OC[C@H](O)CO)cc1Cl. The molecule has 4 rings (SSSR count). The topological polar surface area (TPSA) is 113 Å². The third-order valence-electron chi connectivity index (χ3n) is 6.11. The predicted molar refractivity (Wildman–Crippen MR) is 118 cm³/mol. The summed E-state index contributed by atoms with van der Waals surface area (Å²) in [5.41, 5.74) is 9.20. The van der Waals surface area contributed by atoms with Crippen molar-refractivity contribution >= 4 is 28.9 Å². The first kappa shape index (κ1) is 23.0. The molecule has 0 spiro atoms. The second kappa shape index (κ2) is 8.85. The summed E-state index contributed by atoms with van der Waals surface area (Å²) in [6, 6.07) is 5.12. The lowest BCUT2D eigenvalue weighted by Gasteiger charge is -2.10. The summed E-state index contributed by atoms with van der Waals surface area (Å²) in [5.74, 6) is 1.14. The van der Waals surface area contributed by atoms with Gasteiger partial charge >= 0.3 is 5.97 Å². The number of fused-ring (bicyclic) bond motifs is 3. The fraction of sp³-hybridized carbons (Fsp3) is 0.500. The quantitative estimate of drug-likeness (QED) is 0.531. The van der Waals surface area contributed by atoms with Crippen molar-refractivity contribution in [3.63, 3.8) is 0 Å². The first-order valence-electron chi connectivity index (χ1n) is 9.87. The van der Waals surface area contributed by atoms with Crippen LogP contribution in [0, 0.1) is 18.3 Å². The van der Waals surface area contributed by atoms with Crippen molar-refractivity contribution in [2.75, 3.05) is 13.2 Å². The Labute approximate surface area is 185 Å². The zero-order chi connectivity index (χ0) is 22.2. The molecule has 2 aliphatic carbocycles. The van der Waals surface area contributed by atoms with Gasteiger partial charge in [-0.2, -0.15) is 0 Å². The summed E-state index contributed by atoms with van der Waals surface area (Å²) < 4.78 is 5.20. The van der Waals surface area contributed by atoms with E-state index in [0.29, 0.717) is 39.4 Å². The van der Waals surface area contributed by atoms with Gasteiger partial charge in [-0.1, -0.05) is 31.5 Å². The molecule has 164 valence electrons. The van der Waals surface area contributed by atoms with Crippen LogP contribution in [-0.4, -0.2) is 40.6 Å². The molecule has 0 bridgehead atoms. The van der Waals surface area contributed by atoms with Gasteiger partial charge < -0.3 is 25.8 Å². The summed E-state index contributed by atoms with van der Waals surface area (Å²) in [4.78, 5) is 12.9. The fourth-order valence-corrected chi connectivity index (χ4v) is 5.65. The second-order valence-electron chi connectivity index (χ2n) is 8.40. The Bertz CT molecular complexity index is 942. The highest BCUT2D eigenvalue weighted by molar-refractivity contribution is 7.14. The summed E-state index contributed by atoms with van der Waals surface area (Å²) in [6.45, 7) is 6.74. The Kier molecular flexibility index (Phi) is 6.79. The van der Waals surface area contributed by atoms with E-state index in [9.17, 15) is 4.79 Å². The monoisotopic (exact) mass is 453 g/mol. The number of aliphatic hydroxyl groups is 2. The van der Waals surface area contributed by atoms with Crippen molar-refractivity contribution in [3.05, 3.63) is 49.7 Å². The molecule has 2 aromatic rings. The lowest BCUT2D eigenvalue weighted by molar-refractivity contribution is 0.0536. The number of carbonyl (C=O) groups is 1. The molecule has 1 saturated carbocycles. The van der Waals surface area contributed by atoms with Gasteiger partial charge in [0.2, 0.25) is 0 Å². The zero-order valence-electron chi connectivity index (χ0n) is 17.3. The van der Waals surface area contributed by atoms with E-state index in [2.05, 4.69) is 20.8 Å². The number of hydrogen-bond donors (Lipinski definition) is 4. The molecule has 1 fully saturated rings. The highest BCUT2D eigenvalue weighted by atomic mass is 35.5. The van der Waals surface area contributed by atoms with Gasteiger partial charge in [0.1, 0.15) is 23.3 Å². The van der Waals surface area contributed by atoms with E-state index < -0.39 is 12.1 Å². The minimum Gasteiger partial charge on any atom is -0.491 e. The van der Waals surface area contributed by atoms with Crippen molar-refractivity contribution in [2.24, 2.45) is 17.1 Å². The molecule has 2 aliphatic rings. The molecule has 0 unspecified atom stereocenters. The maximum Gasteiger partial charge on any atom is 0.346 e. The number of ether oxygens (including phenoxy) is 1. The molecule has 0 aliphatic heterocycles. The lowest BCUT2D eigenvalue weighted by Crippen LogP contribution is -2.21. The minimum atomic E-state index is -0.877. The zero-order valence-corrected chi connectivity index (χ0v) is 18.9. The molecule has 1 aromatic carbocycles. The Hall–Kier alpha value is -1.64. The number of carboxylic acid groups (broad SMARTS) is 1. The van der Waals surface area contributed by atoms with E-state index in [0.717, 1.165) is 17.5 Å². The van der Waals surface area contributed by atoms with Crippen LogP contribution in [0.15, 0.2) is 18.2 Å². The first-order chi connectivity index (χ1) is 14.1. The van der Waals surface area contributed by atoms with Crippen LogP contribution >= 0.6 is 22.9 Å². The summed E-state index contributed by atoms with van der Waals surface area (Å²) in [5, 5.41) is 27.3. The molecule has 3 atom stereocenters. The molecular formula is C22H28ClNO5S. The van der Waals surface area contributed by atoms with Gasteiger partial charge in [-0.25, -0.2) is 4.79 Å². The summed E-state index contributed by atoms with van der Waals surface area (Å²) in [7, 11) is 0. The molecule has 6 nitrogen and oxygen atoms in total. The largest absolute Gasteiger partial charge is 0.491 e. The minimum absolute atomic E-state index is 0.0365. The molecule has 0 amide bonds. The van der Waals surface area contributed by atoms with Crippen molar-refractivity contribution in [2.45, 2.75) is 45.8 Å². The number of benzene rings is 1. The molecule has 0 saturated heterocycles. The van der Waals surface area contributed by atoms with E-state index in [4.69, 9.17) is 37.4 Å². The van der Waals surface area contributed by atoms with E-state index in [1.807, 2.05) is 0 Å². The number of aliphatic hydroxyl groups excluding tert-OH is 2. The normalized spacial score (nSPS) is 21.2. The van der Waals surface area contributed by atoms with Crippen LogP contribution in [0.5, 0.6) is 5.75 Å². The van der Waals surface area contributed by atoms with Crippen LogP contribution in [0.25, 0.3) is 0 Å². The number of hydrogen-bond acceptors (Lipinski definition) is 6. The summed E-state index contributed by atoms with van der Waals surface area (Å²) >= 11 is 7.36. The number of aromatic carboxylic acids is 1. The van der Waals surface area contributed by atoms with Crippen LogP contribution in [-0.2, 0) is 13.0 Å². The van der Waals surface area contributed by atoms with E-state index in [1.165, 1.54) is 21.8 Å². The molecule has 5 N–H and O–H groups in total. The maximum atomic E-state index is 11.1. The van der Waals surface area contributed by atoms with E-state index in [1.54, 1.807) is 18.2 Å². The van der Waals surface area contributed by atoms with E-state index >= 15 is 0 Å². The van der Waals surface area contributed by atoms with Crippen molar-refractivity contribution in [1.29, 1.82) is 0 Å². The van der Waals surface area contributed by atoms with Crippen LogP contribution in [0.1, 0.15) is 51.0 Å². The fourth-order valence-electron chi connectivity index (χ4n) is 4.33. The number of aryl methyl sites for hydroxylation is 1. The molecule has 1 heterocycles. The Balaban J connectivity index is 0.000000171. The smallest absolute Gasteiger partial charge is 0.346 e. The molecular weight excluding hydrogens is 426 g/mol. The highest BCUT2D eigenvalue weighted by Crippen LogP contribution is 2.71. The third-order valence-corrected chi connectivity index (χ3v) is 7.61. The lowest BCUT2D eigenvalue weighted by atomic mass is 9.95. The second-order valence-corrected chi connectivity index (χ2v) is 10.0. The standard InChI is InChI=1S/C12H14O2S.C10H14ClNO3/c1-5-8-6(10(15-5)11(13)14)4-7-9(8)12(7,2)3;11-10-3-9(2-1-7(10)4-12)15-6-8(14)5-13/h7,9H,4H2,1-3H3,(H,13,14);1-3,8,13-14H,4-6,12H2/t7-,9-;8-/m11/s1.